The molecular weight excluding hydrogens is 334 g/mol. The molecule has 142 valence electrons. The van der Waals surface area contributed by atoms with Gasteiger partial charge >= 0.3 is 5.97 Å². The highest BCUT2D eigenvalue weighted by molar-refractivity contribution is 6.01. The van der Waals surface area contributed by atoms with Crippen LogP contribution in [0.3, 0.4) is 0 Å². The molecule has 0 atom stereocenters. The van der Waals surface area contributed by atoms with Crippen molar-refractivity contribution in [3.05, 3.63) is 23.5 Å². The van der Waals surface area contributed by atoms with Gasteiger partial charge in [-0.25, -0.2) is 5.43 Å². The van der Waals surface area contributed by atoms with Gasteiger partial charge in [0.2, 0.25) is 5.91 Å². The van der Waals surface area contributed by atoms with Crippen molar-refractivity contribution in [3.63, 3.8) is 0 Å². The van der Waals surface area contributed by atoms with Gasteiger partial charge in [0.05, 0.1) is 24.2 Å². The van der Waals surface area contributed by atoms with Crippen molar-refractivity contribution in [3.8, 4) is 5.75 Å². The van der Waals surface area contributed by atoms with Crippen LogP contribution >= 0.6 is 0 Å². The molecule has 2 rings (SSSR count). The molecule has 7 heteroatoms. The van der Waals surface area contributed by atoms with Gasteiger partial charge in [-0.15, -0.1) is 0 Å². The highest BCUT2D eigenvalue weighted by atomic mass is 16.5. The molecule has 1 amide bonds. The smallest absolute Gasteiger partial charge is 0.303 e. The minimum atomic E-state index is -0.827. The maximum atomic E-state index is 12.0. The van der Waals surface area contributed by atoms with Gasteiger partial charge in [0.1, 0.15) is 5.75 Å². The fourth-order valence-corrected chi connectivity index (χ4v) is 2.76. The fourth-order valence-electron chi connectivity index (χ4n) is 2.76. The molecule has 0 aromatic carbocycles. The Morgan fingerprint density at radius 2 is 2.12 bits per heavy atom. The van der Waals surface area contributed by atoms with Crippen molar-refractivity contribution in [1.82, 2.24) is 10.4 Å². The molecule has 0 unspecified atom stereocenters. The number of hydrogen-bond donors (Lipinski definition) is 2. The third-order valence-corrected chi connectivity index (χ3v) is 3.88. The van der Waals surface area contributed by atoms with Crippen molar-refractivity contribution < 1.29 is 19.4 Å². The Hall–Kier alpha value is -2.44. The summed E-state index contributed by atoms with van der Waals surface area (Å²) in [5.41, 5.74) is 5.17. The highest BCUT2D eigenvalue weighted by Gasteiger charge is 2.20. The van der Waals surface area contributed by atoms with Crippen molar-refractivity contribution >= 4 is 17.6 Å². The number of hydrazone groups is 1. The molecule has 0 aliphatic heterocycles. The second kappa shape index (κ2) is 8.78. The van der Waals surface area contributed by atoms with Crippen LogP contribution in [0.2, 0.25) is 0 Å². The van der Waals surface area contributed by atoms with Gasteiger partial charge < -0.3 is 9.84 Å². The zero-order valence-electron chi connectivity index (χ0n) is 15.7. The molecule has 0 saturated carbocycles. The summed E-state index contributed by atoms with van der Waals surface area (Å²) in [5.74, 6) is -0.297. The normalized spacial score (nSPS) is 15.4. The van der Waals surface area contributed by atoms with Crippen molar-refractivity contribution in [2.45, 2.75) is 59.3 Å². The Morgan fingerprint density at radius 3 is 2.81 bits per heavy atom. The van der Waals surface area contributed by atoms with Crippen LogP contribution < -0.4 is 10.2 Å². The third kappa shape index (κ3) is 6.46. The first kappa shape index (κ1) is 19.9. The third-order valence-electron chi connectivity index (χ3n) is 3.88. The summed E-state index contributed by atoms with van der Waals surface area (Å²) < 4.78 is 5.58. The Balaban J connectivity index is 1.99. The largest absolute Gasteiger partial charge is 0.492 e. The molecule has 2 N–H and O–H groups in total. The van der Waals surface area contributed by atoms with Crippen LogP contribution in [-0.4, -0.2) is 34.3 Å². The van der Waals surface area contributed by atoms with Crippen LogP contribution in [-0.2, 0) is 16.0 Å². The van der Waals surface area contributed by atoms with Crippen LogP contribution in [0.25, 0.3) is 0 Å². The number of carbonyl (C=O) groups is 2. The summed E-state index contributed by atoms with van der Waals surface area (Å²) in [6, 6.07) is 1.93. The number of carboxylic acids is 1. The van der Waals surface area contributed by atoms with Crippen LogP contribution in [0, 0.1) is 5.41 Å². The number of aromatic nitrogens is 1. The lowest BCUT2D eigenvalue weighted by Crippen LogP contribution is -2.26. The quantitative estimate of drug-likeness (QED) is 0.574. The lowest BCUT2D eigenvalue weighted by molar-refractivity contribution is -0.137. The van der Waals surface area contributed by atoms with Crippen molar-refractivity contribution in [2.24, 2.45) is 10.5 Å². The highest BCUT2D eigenvalue weighted by Crippen LogP contribution is 2.24. The molecule has 0 spiro atoms. The van der Waals surface area contributed by atoms with E-state index in [2.05, 4.69) is 15.5 Å². The predicted molar refractivity (Wildman–Crippen MR) is 98.3 cm³/mol. The van der Waals surface area contributed by atoms with E-state index in [9.17, 15) is 9.59 Å². The summed E-state index contributed by atoms with van der Waals surface area (Å²) in [6.07, 6.45) is 5.16. The molecule has 0 radical (unpaired) electrons. The van der Waals surface area contributed by atoms with E-state index in [1.54, 1.807) is 6.20 Å². The number of ether oxygens (including phenoxy) is 1. The van der Waals surface area contributed by atoms with E-state index >= 15 is 0 Å². The number of nitrogens with one attached hydrogen (secondary N) is 1. The number of carboxylic acid groups (broad SMARTS) is 1. The van der Waals surface area contributed by atoms with Crippen LogP contribution in [0.15, 0.2) is 17.4 Å². The zero-order valence-corrected chi connectivity index (χ0v) is 15.7. The van der Waals surface area contributed by atoms with Crippen LogP contribution in [0.5, 0.6) is 5.75 Å². The van der Waals surface area contributed by atoms with E-state index in [0.29, 0.717) is 25.2 Å². The minimum absolute atomic E-state index is 0.0835. The summed E-state index contributed by atoms with van der Waals surface area (Å²) in [4.78, 5) is 26.9. The molecule has 1 heterocycles. The number of nitrogens with zero attached hydrogens (tertiary/aromatic N) is 2. The number of aliphatic carboxylic acids is 1. The first-order valence-electron chi connectivity index (χ1n) is 8.94. The molecule has 1 aliphatic carbocycles. The second-order valence-electron chi connectivity index (χ2n) is 7.71. The second-order valence-corrected chi connectivity index (χ2v) is 7.71. The van der Waals surface area contributed by atoms with Crippen LogP contribution in [0.1, 0.15) is 64.1 Å². The molecular formula is C19H27N3O4. The maximum Gasteiger partial charge on any atom is 0.303 e. The molecule has 0 fully saturated rings. The topological polar surface area (TPSA) is 101 Å². The average Bonchev–Trinajstić information content (AvgIpc) is 2.55. The lowest BCUT2D eigenvalue weighted by atomic mass is 9.92. The SMILES string of the molecule is CC(C)(C)CC(=O)N/N=C1/CCCc2cc(OCCCC(=O)O)cnc21. The number of amides is 1. The van der Waals surface area contributed by atoms with E-state index in [4.69, 9.17) is 9.84 Å². The fraction of sp³-hybridized carbons (Fsp3) is 0.579. The lowest BCUT2D eigenvalue weighted by Gasteiger charge is -2.19. The number of carbonyl (C=O) groups excluding carboxylic acids is 1. The molecule has 0 bridgehead atoms. The monoisotopic (exact) mass is 361 g/mol. The van der Waals surface area contributed by atoms with E-state index in [0.717, 1.165) is 36.2 Å². The van der Waals surface area contributed by atoms with Gasteiger partial charge in [0.15, 0.2) is 0 Å². The van der Waals surface area contributed by atoms with Gasteiger partial charge in [-0.2, -0.15) is 5.10 Å². The predicted octanol–water partition coefficient (Wildman–Crippen LogP) is 2.92. The van der Waals surface area contributed by atoms with Gasteiger partial charge in [-0.05, 0) is 42.7 Å². The number of pyridine rings is 1. The summed E-state index contributed by atoms with van der Waals surface area (Å²) in [6.45, 7) is 6.37. The first-order valence-corrected chi connectivity index (χ1v) is 8.94. The summed E-state index contributed by atoms with van der Waals surface area (Å²) >= 11 is 0. The van der Waals surface area contributed by atoms with Crippen molar-refractivity contribution in [2.75, 3.05) is 6.61 Å². The molecule has 7 nitrogen and oxygen atoms in total. The van der Waals surface area contributed by atoms with Gasteiger partial charge in [-0.3, -0.25) is 14.6 Å². The van der Waals surface area contributed by atoms with Crippen molar-refractivity contribution in [1.29, 1.82) is 0 Å². The van der Waals surface area contributed by atoms with E-state index < -0.39 is 5.97 Å². The van der Waals surface area contributed by atoms with Gasteiger partial charge in [-0.1, -0.05) is 20.8 Å². The Bertz CT molecular complexity index is 693. The molecule has 1 aromatic heterocycles. The average molecular weight is 361 g/mol. The minimum Gasteiger partial charge on any atom is -0.492 e. The summed E-state index contributed by atoms with van der Waals surface area (Å²) in [7, 11) is 0. The van der Waals surface area contributed by atoms with E-state index in [-0.39, 0.29) is 17.7 Å². The Morgan fingerprint density at radius 1 is 1.35 bits per heavy atom. The van der Waals surface area contributed by atoms with E-state index in [1.165, 1.54) is 0 Å². The number of rotatable bonds is 7. The van der Waals surface area contributed by atoms with Gasteiger partial charge in [0, 0.05) is 12.8 Å². The number of aryl methyl sites for hydroxylation is 1. The molecule has 0 saturated heterocycles. The molecule has 26 heavy (non-hydrogen) atoms. The summed E-state index contributed by atoms with van der Waals surface area (Å²) in [5, 5.41) is 12.9. The standard InChI is InChI=1S/C19H27N3O4/c1-19(2,3)11-16(23)22-21-15-7-4-6-13-10-14(12-20-18(13)15)26-9-5-8-17(24)25/h10,12H,4-9,11H2,1-3H3,(H,22,23)(H,24,25)/b21-15-. The van der Waals surface area contributed by atoms with Gasteiger partial charge in [0.25, 0.3) is 0 Å². The number of fused-ring (bicyclic) bond motifs is 1. The van der Waals surface area contributed by atoms with Crippen LogP contribution in [0.4, 0.5) is 0 Å². The molecule has 1 aliphatic rings. The molecule has 1 aromatic rings. The zero-order chi connectivity index (χ0) is 19.2. The maximum absolute atomic E-state index is 12.0. The Kier molecular flexibility index (Phi) is 6.71. The Labute approximate surface area is 153 Å². The van der Waals surface area contributed by atoms with E-state index in [1.807, 2.05) is 26.8 Å². The first-order chi connectivity index (χ1) is 12.2. The number of hydrogen-bond acceptors (Lipinski definition) is 5.